The van der Waals surface area contributed by atoms with Crippen molar-refractivity contribution in [3.05, 3.63) is 28.3 Å². The molecule has 0 aliphatic carbocycles. The zero-order valence-corrected chi connectivity index (χ0v) is 6.85. The van der Waals surface area contributed by atoms with Crippen molar-refractivity contribution in [1.82, 2.24) is 4.98 Å². The molecule has 0 unspecified atom stereocenters. The Labute approximate surface area is 69.6 Å². The fourth-order valence-electron chi connectivity index (χ4n) is 0.872. The molecule has 0 aliphatic rings. The molecule has 1 rings (SSSR count). The topological polar surface area (TPSA) is 70.9 Å². The summed E-state index contributed by atoms with van der Waals surface area (Å²) in [6.45, 7) is 1.79. The van der Waals surface area contributed by atoms with E-state index in [1.165, 1.54) is 6.20 Å². The normalized spacial score (nSPS) is 8.83. The molecule has 0 aliphatic heterocycles. The van der Waals surface area contributed by atoms with Gasteiger partial charge in [0, 0.05) is 16.7 Å². The Kier molecular flexibility index (Phi) is 2.50. The van der Waals surface area contributed by atoms with Crippen LogP contribution < -0.4 is 4.74 Å². The molecule has 0 amide bonds. The van der Waals surface area contributed by atoms with Crippen molar-refractivity contribution in [2.75, 3.05) is 7.11 Å². The van der Waals surface area contributed by atoms with Crippen LogP contribution in [0.2, 0.25) is 0 Å². The third-order valence-corrected chi connectivity index (χ3v) is 1.49. The molecule has 1 aromatic heterocycles. The first-order valence-electron chi connectivity index (χ1n) is 3.34. The van der Waals surface area contributed by atoms with Crippen LogP contribution in [0.4, 0.5) is 5.82 Å². The molecule has 0 saturated carbocycles. The molecule has 5 heteroatoms. The van der Waals surface area contributed by atoms with Crippen LogP contribution in [0.25, 0.3) is 10.4 Å². The highest BCUT2D eigenvalue weighted by molar-refractivity contribution is 5.46. The van der Waals surface area contributed by atoms with Crippen molar-refractivity contribution in [1.29, 1.82) is 0 Å². The van der Waals surface area contributed by atoms with Crippen molar-refractivity contribution < 1.29 is 4.74 Å². The minimum Gasteiger partial charge on any atom is -0.496 e. The van der Waals surface area contributed by atoms with Gasteiger partial charge in [-0.1, -0.05) is 0 Å². The lowest BCUT2D eigenvalue weighted by Crippen LogP contribution is -1.88. The summed E-state index contributed by atoms with van der Waals surface area (Å²) in [5.41, 5.74) is 8.93. The van der Waals surface area contributed by atoms with E-state index in [4.69, 9.17) is 10.3 Å². The first-order valence-corrected chi connectivity index (χ1v) is 3.34. The van der Waals surface area contributed by atoms with Crippen molar-refractivity contribution in [2.45, 2.75) is 6.92 Å². The van der Waals surface area contributed by atoms with Gasteiger partial charge in [0.05, 0.1) is 7.11 Å². The average molecular weight is 164 g/mol. The Morgan fingerprint density at radius 2 is 2.42 bits per heavy atom. The van der Waals surface area contributed by atoms with Crippen LogP contribution in [0, 0.1) is 6.92 Å². The van der Waals surface area contributed by atoms with E-state index in [2.05, 4.69) is 15.0 Å². The molecule has 0 atom stereocenters. The number of ether oxygens (including phenoxy) is 1. The van der Waals surface area contributed by atoms with Crippen LogP contribution in [-0.4, -0.2) is 12.1 Å². The van der Waals surface area contributed by atoms with E-state index in [-0.39, 0.29) is 0 Å². The van der Waals surface area contributed by atoms with Crippen molar-refractivity contribution in [2.24, 2.45) is 5.11 Å². The lowest BCUT2D eigenvalue weighted by atomic mass is 10.2. The quantitative estimate of drug-likeness (QED) is 0.382. The summed E-state index contributed by atoms with van der Waals surface area (Å²) >= 11 is 0. The lowest BCUT2D eigenvalue weighted by Gasteiger charge is -2.04. The maximum absolute atomic E-state index is 8.19. The van der Waals surface area contributed by atoms with Gasteiger partial charge in [0.15, 0.2) is 0 Å². The predicted molar refractivity (Wildman–Crippen MR) is 44.3 cm³/mol. The van der Waals surface area contributed by atoms with E-state index < -0.39 is 0 Å². The molecular weight excluding hydrogens is 156 g/mol. The Hall–Kier alpha value is -1.74. The summed E-state index contributed by atoms with van der Waals surface area (Å²) in [6, 6.07) is 1.71. The second kappa shape index (κ2) is 3.59. The molecule has 1 aromatic rings. The summed E-state index contributed by atoms with van der Waals surface area (Å²) < 4.78 is 5.01. The molecule has 12 heavy (non-hydrogen) atoms. The van der Waals surface area contributed by atoms with Gasteiger partial charge in [-0.3, -0.25) is 4.98 Å². The standard InChI is InChI=1S/C7H8N4O/c1-5-6(12-2)3-4-9-7(5)10-11-8/h3-4H,1-2H3. The number of hydrogen-bond donors (Lipinski definition) is 0. The zero-order chi connectivity index (χ0) is 8.97. The average Bonchev–Trinajstić information content (AvgIpc) is 2.09. The number of hydrogen-bond acceptors (Lipinski definition) is 3. The molecule has 0 radical (unpaired) electrons. The van der Waals surface area contributed by atoms with Crippen LogP contribution in [0.3, 0.4) is 0 Å². The van der Waals surface area contributed by atoms with E-state index in [9.17, 15) is 0 Å². The highest BCUT2D eigenvalue weighted by Crippen LogP contribution is 2.24. The van der Waals surface area contributed by atoms with Gasteiger partial charge in [-0.15, -0.1) is 0 Å². The summed E-state index contributed by atoms with van der Waals surface area (Å²) in [6.07, 6.45) is 1.54. The number of azide groups is 1. The highest BCUT2D eigenvalue weighted by Gasteiger charge is 2.02. The second-order valence-electron chi connectivity index (χ2n) is 2.15. The number of nitrogens with zero attached hydrogens (tertiary/aromatic N) is 4. The first kappa shape index (κ1) is 8.36. The van der Waals surface area contributed by atoms with Crippen LogP contribution in [0.1, 0.15) is 5.56 Å². The molecule has 0 bridgehead atoms. The van der Waals surface area contributed by atoms with E-state index in [0.717, 1.165) is 5.56 Å². The monoisotopic (exact) mass is 164 g/mol. The third-order valence-electron chi connectivity index (χ3n) is 1.49. The van der Waals surface area contributed by atoms with Crippen LogP contribution in [0.5, 0.6) is 5.75 Å². The van der Waals surface area contributed by atoms with Gasteiger partial charge in [-0.2, -0.15) is 0 Å². The van der Waals surface area contributed by atoms with E-state index in [1.54, 1.807) is 20.1 Å². The fraction of sp³-hybridized carbons (Fsp3) is 0.286. The summed E-state index contributed by atoms with van der Waals surface area (Å²) in [5, 5.41) is 3.40. The first-order chi connectivity index (χ1) is 5.79. The Morgan fingerprint density at radius 3 is 3.00 bits per heavy atom. The van der Waals surface area contributed by atoms with Gasteiger partial charge in [-0.25, -0.2) is 0 Å². The fourth-order valence-corrected chi connectivity index (χ4v) is 0.872. The minimum atomic E-state index is 0.358. The van der Waals surface area contributed by atoms with Gasteiger partial charge in [0.25, 0.3) is 0 Å². The molecule has 0 spiro atoms. The summed E-state index contributed by atoms with van der Waals surface area (Å²) in [5.74, 6) is 1.03. The smallest absolute Gasteiger partial charge is 0.133 e. The lowest BCUT2D eigenvalue weighted by molar-refractivity contribution is 0.411. The Bertz CT molecular complexity index is 330. The largest absolute Gasteiger partial charge is 0.496 e. The van der Waals surface area contributed by atoms with Crippen LogP contribution >= 0.6 is 0 Å². The number of pyridine rings is 1. The van der Waals surface area contributed by atoms with E-state index in [0.29, 0.717) is 11.6 Å². The zero-order valence-electron chi connectivity index (χ0n) is 6.85. The molecular formula is C7H8N4O. The Morgan fingerprint density at radius 1 is 1.67 bits per heavy atom. The number of aromatic nitrogens is 1. The molecule has 0 N–H and O–H groups in total. The molecule has 1 heterocycles. The van der Waals surface area contributed by atoms with Crippen molar-refractivity contribution >= 4 is 5.82 Å². The Balaban J connectivity index is 3.22. The SMILES string of the molecule is COc1ccnc(N=[N+]=[N-])c1C. The number of rotatable bonds is 2. The summed E-state index contributed by atoms with van der Waals surface area (Å²) in [4.78, 5) is 6.53. The second-order valence-corrected chi connectivity index (χ2v) is 2.15. The maximum atomic E-state index is 8.19. The predicted octanol–water partition coefficient (Wildman–Crippen LogP) is 2.34. The van der Waals surface area contributed by atoms with Gasteiger partial charge >= 0.3 is 0 Å². The van der Waals surface area contributed by atoms with Crippen molar-refractivity contribution in [3.63, 3.8) is 0 Å². The van der Waals surface area contributed by atoms with Gasteiger partial charge < -0.3 is 4.74 Å². The van der Waals surface area contributed by atoms with Gasteiger partial charge in [-0.05, 0) is 23.6 Å². The van der Waals surface area contributed by atoms with E-state index >= 15 is 0 Å². The molecule has 5 nitrogen and oxygen atoms in total. The van der Waals surface area contributed by atoms with Crippen LogP contribution in [-0.2, 0) is 0 Å². The molecule has 0 saturated heterocycles. The van der Waals surface area contributed by atoms with Gasteiger partial charge in [0.1, 0.15) is 11.6 Å². The van der Waals surface area contributed by atoms with Crippen LogP contribution in [0.15, 0.2) is 17.4 Å². The maximum Gasteiger partial charge on any atom is 0.133 e. The minimum absolute atomic E-state index is 0.358. The van der Waals surface area contributed by atoms with E-state index in [1.807, 2.05) is 0 Å². The number of methoxy groups -OCH3 is 1. The van der Waals surface area contributed by atoms with Gasteiger partial charge in [0.2, 0.25) is 0 Å². The third kappa shape index (κ3) is 1.46. The molecule has 0 aromatic carbocycles. The molecule has 62 valence electrons. The highest BCUT2D eigenvalue weighted by atomic mass is 16.5. The summed E-state index contributed by atoms with van der Waals surface area (Å²) in [7, 11) is 1.56. The van der Waals surface area contributed by atoms with Crippen molar-refractivity contribution in [3.8, 4) is 5.75 Å². The molecule has 0 fully saturated rings.